The van der Waals surface area contributed by atoms with Crippen molar-refractivity contribution in [2.24, 2.45) is 0 Å². The van der Waals surface area contributed by atoms with Crippen molar-refractivity contribution in [1.29, 1.82) is 0 Å². The van der Waals surface area contributed by atoms with Gasteiger partial charge in [-0.3, -0.25) is 4.21 Å². The van der Waals surface area contributed by atoms with Gasteiger partial charge in [0.15, 0.2) is 0 Å². The van der Waals surface area contributed by atoms with Crippen LogP contribution in [0.5, 0.6) is 5.75 Å². The molecule has 0 saturated carbocycles. The van der Waals surface area contributed by atoms with Crippen LogP contribution in [0.25, 0.3) is 0 Å². The lowest BCUT2D eigenvalue weighted by Gasteiger charge is -2.19. The molecule has 1 aliphatic rings. The second kappa shape index (κ2) is 5.80. The SMILES string of the molecule is COc1cccc(F)c1C1CS(=O)C(C)CCN1. The highest BCUT2D eigenvalue weighted by atomic mass is 32.2. The topological polar surface area (TPSA) is 38.3 Å². The molecule has 1 aromatic carbocycles. The molecule has 1 saturated heterocycles. The van der Waals surface area contributed by atoms with Crippen LogP contribution in [-0.4, -0.2) is 28.9 Å². The minimum absolute atomic E-state index is 0.153. The summed E-state index contributed by atoms with van der Waals surface area (Å²) in [5.74, 6) is 0.635. The van der Waals surface area contributed by atoms with Crippen LogP contribution < -0.4 is 10.1 Å². The van der Waals surface area contributed by atoms with Gasteiger partial charge >= 0.3 is 0 Å². The Labute approximate surface area is 109 Å². The molecule has 18 heavy (non-hydrogen) atoms. The van der Waals surface area contributed by atoms with E-state index < -0.39 is 10.8 Å². The van der Waals surface area contributed by atoms with Crippen LogP contribution in [-0.2, 0) is 10.8 Å². The van der Waals surface area contributed by atoms with Gasteiger partial charge < -0.3 is 10.1 Å². The molecule has 1 N–H and O–H groups in total. The smallest absolute Gasteiger partial charge is 0.131 e. The molecule has 0 aromatic heterocycles. The summed E-state index contributed by atoms with van der Waals surface area (Å²) < 4.78 is 31.2. The first-order valence-electron chi connectivity index (χ1n) is 6.06. The van der Waals surface area contributed by atoms with E-state index in [1.165, 1.54) is 13.2 Å². The Hall–Kier alpha value is -0.940. The molecule has 1 heterocycles. The lowest BCUT2D eigenvalue weighted by atomic mass is 10.1. The number of rotatable bonds is 2. The second-order valence-electron chi connectivity index (χ2n) is 4.51. The maximum absolute atomic E-state index is 14.0. The molecule has 0 spiro atoms. The number of hydrogen-bond acceptors (Lipinski definition) is 3. The zero-order valence-electron chi connectivity index (χ0n) is 10.6. The predicted molar refractivity (Wildman–Crippen MR) is 70.8 cm³/mol. The molecule has 2 rings (SSSR count). The van der Waals surface area contributed by atoms with E-state index in [4.69, 9.17) is 4.74 Å². The van der Waals surface area contributed by atoms with Gasteiger partial charge in [-0.2, -0.15) is 0 Å². The fraction of sp³-hybridized carbons (Fsp3) is 0.538. The molecule has 1 fully saturated rings. The van der Waals surface area contributed by atoms with E-state index in [0.717, 1.165) is 13.0 Å². The van der Waals surface area contributed by atoms with E-state index in [2.05, 4.69) is 5.32 Å². The molecule has 0 amide bonds. The van der Waals surface area contributed by atoms with E-state index in [9.17, 15) is 8.60 Å². The summed E-state index contributed by atoms with van der Waals surface area (Å²) in [6.45, 7) is 2.72. The molecule has 0 radical (unpaired) electrons. The van der Waals surface area contributed by atoms with Gasteiger partial charge in [0.05, 0.1) is 13.2 Å². The Balaban J connectivity index is 2.33. The van der Waals surface area contributed by atoms with E-state index in [0.29, 0.717) is 17.1 Å². The van der Waals surface area contributed by atoms with Crippen LogP contribution in [0.1, 0.15) is 24.9 Å². The first-order chi connectivity index (χ1) is 8.63. The van der Waals surface area contributed by atoms with Gasteiger partial charge in [0.1, 0.15) is 11.6 Å². The Morgan fingerprint density at radius 1 is 1.50 bits per heavy atom. The minimum Gasteiger partial charge on any atom is -0.496 e. The van der Waals surface area contributed by atoms with Crippen molar-refractivity contribution in [2.75, 3.05) is 19.4 Å². The number of halogens is 1. The molecule has 0 bridgehead atoms. The Morgan fingerprint density at radius 3 is 3.00 bits per heavy atom. The van der Waals surface area contributed by atoms with Gasteiger partial charge in [0.2, 0.25) is 0 Å². The molecule has 3 nitrogen and oxygen atoms in total. The number of nitrogens with one attached hydrogen (secondary N) is 1. The van der Waals surface area contributed by atoms with Gasteiger partial charge in [-0.15, -0.1) is 0 Å². The molecule has 100 valence electrons. The lowest BCUT2D eigenvalue weighted by Crippen LogP contribution is -2.25. The van der Waals surface area contributed by atoms with Crippen molar-refractivity contribution in [3.63, 3.8) is 0 Å². The third-order valence-electron chi connectivity index (χ3n) is 3.30. The number of hydrogen-bond donors (Lipinski definition) is 1. The third kappa shape index (κ3) is 2.72. The van der Waals surface area contributed by atoms with Gasteiger partial charge in [0, 0.05) is 27.4 Å². The van der Waals surface area contributed by atoms with Crippen molar-refractivity contribution in [3.8, 4) is 5.75 Å². The van der Waals surface area contributed by atoms with E-state index in [-0.39, 0.29) is 17.1 Å². The van der Waals surface area contributed by atoms with E-state index >= 15 is 0 Å². The summed E-state index contributed by atoms with van der Waals surface area (Å²) in [5.41, 5.74) is 0.488. The summed E-state index contributed by atoms with van der Waals surface area (Å²) in [7, 11) is 0.586. The van der Waals surface area contributed by atoms with Gasteiger partial charge in [-0.05, 0) is 25.1 Å². The summed E-state index contributed by atoms with van der Waals surface area (Å²) in [6, 6.07) is 4.52. The third-order valence-corrected chi connectivity index (χ3v) is 5.10. The summed E-state index contributed by atoms with van der Waals surface area (Å²) >= 11 is 0. The van der Waals surface area contributed by atoms with Gasteiger partial charge in [-0.1, -0.05) is 13.0 Å². The summed E-state index contributed by atoms with van der Waals surface area (Å²) in [5, 5.41) is 3.41. The van der Waals surface area contributed by atoms with Crippen LogP contribution in [0.3, 0.4) is 0 Å². The highest BCUT2D eigenvalue weighted by Crippen LogP contribution is 2.30. The van der Waals surface area contributed by atoms with Crippen LogP contribution in [0.4, 0.5) is 4.39 Å². The normalized spacial score (nSPS) is 28.7. The van der Waals surface area contributed by atoms with Crippen molar-refractivity contribution in [1.82, 2.24) is 5.32 Å². The minimum atomic E-state index is -0.936. The average molecular weight is 271 g/mol. The first-order valence-corrected chi connectivity index (χ1v) is 7.44. The van der Waals surface area contributed by atoms with Gasteiger partial charge in [-0.25, -0.2) is 4.39 Å². The quantitative estimate of drug-likeness (QED) is 0.894. The number of ether oxygens (including phenoxy) is 1. The van der Waals surface area contributed by atoms with Crippen LogP contribution in [0, 0.1) is 5.82 Å². The Kier molecular flexibility index (Phi) is 4.35. The molecule has 3 atom stereocenters. The molecule has 0 aliphatic carbocycles. The lowest BCUT2D eigenvalue weighted by molar-refractivity contribution is 0.395. The number of methoxy groups -OCH3 is 1. The average Bonchev–Trinajstić information content (AvgIpc) is 2.51. The molecular weight excluding hydrogens is 253 g/mol. The molecule has 1 aliphatic heterocycles. The molecular formula is C13H18FNO2S. The summed E-state index contributed by atoms with van der Waals surface area (Å²) in [6.07, 6.45) is 0.847. The first kappa shape index (κ1) is 13.5. The summed E-state index contributed by atoms with van der Waals surface area (Å²) in [4.78, 5) is 0. The van der Waals surface area contributed by atoms with Crippen molar-refractivity contribution in [2.45, 2.75) is 24.6 Å². The van der Waals surface area contributed by atoms with E-state index in [1.54, 1.807) is 12.1 Å². The van der Waals surface area contributed by atoms with Crippen molar-refractivity contribution in [3.05, 3.63) is 29.6 Å². The zero-order valence-corrected chi connectivity index (χ0v) is 11.4. The van der Waals surface area contributed by atoms with E-state index in [1.807, 2.05) is 6.92 Å². The zero-order chi connectivity index (χ0) is 13.1. The number of benzene rings is 1. The highest BCUT2D eigenvalue weighted by Gasteiger charge is 2.26. The molecule has 1 aromatic rings. The maximum Gasteiger partial charge on any atom is 0.131 e. The fourth-order valence-electron chi connectivity index (χ4n) is 2.20. The second-order valence-corrected chi connectivity index (χ2v) is 6.41. The van der Waals surface area contributed by atoms with Crippen molar-refractivity contribution < 1.29 is 13.3 Å². The van der Waals surface area contributed by atoms with Gasteiger partial charge in [0.25, 0.3) is 0 Å². The van der Waals surface area contributed by atoms with Crippen LogP contribution in [0.15, 0.2) is 18.2 Å². The van der Waals surface area contributed by atoms with Crippen LogP contribution in [0.2, 0.25) is 0 Å². The largest absolute Gasteiger partial charge is 0.496 e. The highest BCUT2D eigenvalue weighted by molar-refractivity contribution is 7.85. The Morgan fingerprint density at radius 2 is 2.28 bits per heavy atom. The molecule has 3 unspecified atom stereocenters. The maximum atomic E-state index is 14.0. The van der Waals surface area contributed by atoms with Crippen molar-refractivity contribution >= 4 is 10.8 Å². The van der Waals surface area contributed by atoms with Crippen LogP contribution >= 0.6 is 0 Å². The Bertz CT molecular complexity index is 453. The predicted octanol–water partition coefficient (Wildman–Crippen LogP) is 2.01. The standard InChI is InChI=1S/C13H18FNO2S/c1-9-6-7-15-11(8-18(9)16)13-10(14)4-3-5-12(13)17-2/h3-5,9,11,15H,6-8H2,1-2H3. The fourth-order valence-corrected chi connectivity index (χ4v) is 3.52. The monoisotopic (exact) mass is 271 g/mol. The molecule has 5 heteroatoms.